The minimum absolute atomic E-state index is 0.0482. The van der Waals surface area contributed by atoms with Crippen LogP contribution in [-0.4, -0.2) is 30.2 Å². The Labute approximate surface area is 112 Å². The maximum Gasteiger partial charge on any atom is 0.306 e. The Kier molecular flexibility index (Phi) is 6.60. The molecular weight excluding hydrogens is 246 g/mol. The monoisotopic (exact) mass is 265 g/mol. The maximum atomic E-state index is 11.7. The Bertz CT molecular complexity index is 405. The van der Waals surface area contributed by atoms with E-state index in [1.165, 1.54) is 0 Å². The van der Waals surface area contributed by atoms with Gasteiger partial charge in [0.1, 0.15) is 0 Å². The quantitative estimate of drug-likeness (QED) is 0.726. The zero-order valence-electron chi connectivity index (χ0n) is 11.0. The molecule has 1 atom stereocenters. The SMILES string of the molecule is CCOC(=O)CCC(=O)NC(CO)c1ccccc1. The van der Waals surface area contributed by atoms with Crippen molar-refractivity contribution in [3.05, 3.63) is 35.9 Å². The molecule has 0 spiro atoms. The van der Waals surface area contributed by atoms with Crippen molar-refractivity contribution < 1.29 is 19.4 Å². The highest BCUT2D eigenvalue weighted by Gasteiger charge is 2.14. The third-order valence-electron chi connectivity index (χ3n) is 2.58. The Morgan fingerprint density at radius 3 is 2.53 bits per heavy atom. The molecular formula is C14H19NO4. The van der Waals surface area contributed by atoms with Crippen molar-refractivity contribution in [3.8, 4) is 0 Å². The van der Waals surface area contributed by atoms with Gasteiger partial charge in [-0.2, -0.15) is 0 Å². The molecule has 1 aromatic carbocycles. The van der Waals surface area contributed by atoms with Gasteiger partial charge in [-0.1, -0.05) is 30.3 Å². The summed E-state index contributed by atoms with van der Waals surface area (Å²) >= 11 is 0. The fourth-order valence-corrected chi connectivity index (χ4v) is 1.63. The molecule has 5 nitrogen and oxygen atoms in total. The highest BCUT2D eigenvalue weighted by Crippen LogP contribution is 2.11. The second-order valence-electron chi connectivity index (χ2n) is 4.02. The molecule has 1 unspecified atom stereocenters. The van der Waals surface area contributed by atoms with Crippen LogP contribution in [0.1, 0.15) is 31.4 Å². The van der Waals surface area contributed by atoms with Gasteiger partial charge in [0.25, 0.3) is 0 Å². The summed E-state index contributed by atoms with van der Waals surface area (Å²) in [6, 6.07) is 8.74. The molecule has 2 N–H and O–H groups in total. The fourth-order valence-electron chi connectivity index (χ4n) is 1.63. The predicted molar refractivity (Wildman–Crippen MR) is 70.3 cm³/mol. The zero-order chi connectivity index (χ0) is 14.1. The number of aliphatic hydroxyl groups is 1. The highest BCUT2D eigenvalue weighted by atomic mass is 16.5. The standard InChI is InChI=1S/C14H19NO4/c1-2-19-14(18)9-8-13(17)15-12(10-16)11-6-4-3-5-7-11/h3-7,12,16H,2,8-10H2,1H3,(H,15,17). The van der Waals surface area contributed by atoms with E-state index >= 15 is 0 Å². The smallest absolute Gasteiger partial charge is 0.306 e. The van der Waals surface area contributed by atoms with Crippen LogP contribution in [0, 0.1) is 0 Å². The van der Waals surface area contributed by atoms with Crippen molar-refractivity contribution in [3.63, 3.8) is 0 Å². The molecule has 0 aliphatic rings. The van der Waals surface area contributed by atoms with E-state index in [0.29, 0.717) is 6.61 Å². The van der Waals surface area contributed by atoms with E-state index in [1.807, 2.05) is 30.3 Å². The van der Waals surface area contributed by atoms with Crippen LogP contribution in [-0.2, 0) is 14.3 Å². The van der Waals surface area contributed by atoms with Crippen molar-refractivity contribution in [1.82, 2.24) is 5.32 Å². The Balaban J connectivity index is 2.44. The van der Waals surface area contributed by atoms with Crippen LogP contribution in [0.5, 0.6) is 0 Å². The number of rotatable bonds is 7. The predicted octanol–water partition coefficient (Wildman–Crippen LogP) is 1.18. The number of carbonyl (C=O) groups is 2. The summed E-state index contributed by atoms with van der Waals surface area (Å²) in [6.07, 6.45) is 0.106. The van der Waals surface area contributed by atoms with Gasteiger partial charge in [-0.05, 0) is 12.5 Å². The van der Waals surface area contributed by atoms with Crippen LogP contribution in [0.25, 0.3) is 0 Å². The van der Waals surface area contributed by atoms with Crippen LogP contribution < -0.4 is 5.32 Å². The van der Waals surface area contributed by atoms with Gasteiger partial charge in [-0.25, -0.2) is 0 Å². The maximum absolute atomic E-state index is 11.7. The first-order valence-electron chi connectivity index (χ1n) is 6.28. The van der Waals surface area contributed by atoms with E-state index in [2.05, 4.69) is 5.32 Å². The first kappa shape index (κ1) is 15.2. The Morgan fingerprint density at radius 1 is 1.26 bits per heavy atom. The lowest BCUT2D eigenvalue weighted by molar-refractivity contribution is -0.144. The summed E-state index contributed by atoms with van der Waals surface area (Å²) in [7, 11) is 0. The molecule has 104 valence electrons. The number of hydrogen-bond donors (Lipinski definition) is 2. The van der Waals surface area contributed by atoms with Crippen molar-refractivity contribution >= 4 is 11.9 Å². The molecule has 5 heteroatoms. The van der Waals surface area contributed by atoms with Gasteiger partial charge in [0.05, 0.1) is 25.7 Å². The molecule has 0 fully saturated rings. The van der Waals surface area contributed by atoms with Gasteiger partial charge in [-0.3, -0.25) is 9.59 Å². The lowest BCUT2D eigenvalue weighted by Crippen LogP contribution is -2.31. The summed E-state index contributed by atoms with van der Waals surface area (Å²) in [5, 5.41) is 12.0. The molecule has 0 aliphatic heterocycles. The van der Waals surface area contributed by atoms with Crippen LogP contribution in [0.4, 0.5) is 0 Å². The molecule has 0 saturated carbocycles. The average Bonchev–Trinajstić information content (AvgIpc) is 2.44. The zero-order valence-corrected chi connectivity index (χ0v) is 11.0. The van der Waals surface area contributed by atoms with Crippen LogP contribution >= 0.6 is 0 Å². The molecule has 0 bridgehead atoms. The molecule has 1 aromatic rings. The Hall–Kier alpha value is -1.88. The van der Waals surface area contributed by atoms with Crippen molar-refractivity contribution in [2.75, 3.05) is 13.2 Å². The van der Waals surface area contributed by atoms with Crippen molar-refractivity contribution in [2.24, 2.45) is 0 Å². The van der Waals surface area contributed by atoms with Crippen molar-refractivity contribution in [1.29, 1.82) is 0 Å². The van der Waals surface area contributed by atoms with E-state index < -0.39 is 12.0 Å². The van der Waals surface area contributed by atoms with Gasteiger partial charge < -0.3 is 15.2 Å². The first-order chi connectivity index (χ1) is 9.17. The second kappa shape index (κ2) is 8.26. The van der Waals surface area contributed by atoms with E-state index in [0.717, 1.165) is 5.56 Å². The number of ether oxygens (including phenoxy) is 1. The number of esters is 1. The molecule has 0 heterocycles. The first-order valence-corrected chi connectivity index (χ1v) is 6.28. The summed E-state index contributed by atoms with van der Waals surface area (Å²) < 4.78 is 4.74. The number of hydrogen-bond acceptors (Lipinski definition) is 4. The minimum Gasteiger partial charge on any atom is -0.466 e. The topological polar surface area (TPSA) is 75.6 Å². The van der Waals surface area contributed by atoms with E-state index in [1.54, 1.807) is 6.92 Å². The van der Waals surface area contributed by atoms with Crippen LogP contribution in [0.2, 0.25) is 0 Å². The normalized spacial score (nSPS) is 11.7. The second-order valence-corrected chi connectivity index (χ2v) is 4.02. The van der Waals surface area contributed by atoms with Crippen molar-refractivity contribution in [2.45, 2.75) is 25.8 Å². The summed E-state index contributed by atoms with van der Waals surface area (Å²) in [5.74, 6) is -0.672. The molecule has 1 amide bonds. The third-order valence-corrected chi connectivity index (χ3v) is 2.58. The molecule has 0 radical (unpaired) electrons. The van der Waals surface area contributed by atoms with E-state index in [-0.39, 0.29) is 25.4 Å². The number of nitrogens with one attached hydrogen (secondary N) is 1. The molecule has 0 saturated heterocycles. The van der Waals surface area contributed by atoms with Gasteiger partial charge in [0, 0.05) is 6.42 Å². The number of carbonyl (C=O) groups excluding carboxylic acids is 2. The largest absolute Gasteiger partial charge is 0.466 e. The average molecular weight is 265 g/mol. The molecule has 19 heavy (non-hydrogen) atoms. The molecule has 0 aliphatic carbocycles. The number of amides is 1. The number of benzene rings is 1. The van der Waals surface area contributed by atoms with E-state index in [4.69, 9.17) is 4.74 Å². The van der Waals surface area contributed by atoms with Gasteiger partial charge in [-0.15, -0.1) is 0 Å². The number of aliphatic hydroxyl groups excluding tert-OH is 1. The summed E-state index contributed by atoms with van der Waals surface area (Å²) in [4.78, 5) is 22.8. The third kappa shape index (κ3) is 5.52. The van der Waals surface area contributed by atoms with Gasteiger partial charge in [0.15, 0.2) is 0 Å². The van der Waals surface area contributed by atoms with Crippen LogP contribution in [0.15, 0.2) is 30.3 Å². The summed E-state index contributed by atoms with van der Waals surface area (Å²) in [5.41, 5.74) is 0.828. The lowest BCUT2D eigenvalue weighted by atomic mass is 10.1. The molecule has 0 aromatic heterocycles. The lowest BCUT2D eigenvalue weighted by Gasteiger charge is -2.16. The molecule has 1 rings (SSSR count). The minimum atomic E-state index is -0.448. The summed E-state index contributed by atoms with van der Waals surface area (Å²) in [6.45, 7) is 1.84. The Morgan fingerprint density at radius 2 is 1.95 bits per heavy atom. The fraction of sp³-hybridized carbons (Fsp3) is 0.429. The van der Waals surface area contributed by atoms with Crippen LogP contribution in [0.3, 0.4) is 0 Å². The van der Waals surface area contributed by atoms with Gasteiger partial charge >= 0.3 is 5.97 Å². The van der Waals surface area contributed by atoms with Gasteiger partial charge in [0.2, 0.25) is 5.91 Å². The van der Waals surface area contributed by atoms with E-state index in [9.17, 15) is 14.7 Å². The highest BCUT2D eigenvalue weighted by molar-refractivity contribution is 5.81.